The van der Waals surface area contributed by atoms with E-state index in [1.165, 1.54) is 11.2 Å². The molecular formula is C17H24N4O5. The van der Waals surface area contributed by atoms with Gasteiger partial charge in [-0.3, -0.25) is 9.69 Å². The van der Waals surface area contributed by atoms with Crippen LogP contribution in [0.15, 0.2) is 34.1 Å². The van der Waals surface area contributed by atoms with Crippen molar-refractivity contribution in [2.75, 3.05) is 40.8 Å². The molecule has 0 aliphatic carbocycles. The Hall–Kier alpha value is -2.81. The van der Waals surface area contributed by atoms with Crippen LogP contribution in [0.1, 0.15) is 18.7 Å². The van der Waals surface area contributed by atoms with Crippen molar-refractivity contribution in [2.45, 2.75) is 13.0 Å². The van der Waals surface area contributed by atoms with E-state index in [2.05, 4.69) is 10.6 Å². The summed E-state index contributed by atoms with van der Waals surface area (Å²) in [7, 11) is 5.06. The van der Waals surface area contributed by atoms with E-state index in [1.807, 2.05) is 0 Å². The van der Waals surface area contributed by atoms with Gasteiger partial charge in [-0.25, -0.2) is 9.59 Å². The number of nitrogens with zero attached hydrogens (tertiary/aromatic N) is 2. The molecule has 142 valence electrons. The summed E-state index contributed by atoms with van der Waals surface area (Å²) >= 11 is 0. The zero-order chi connectivity index (χ0) is 19.3. The van der Waals surface area contributed by atoms with Crippen molar-refractivity contribution in [3.8, 4) is 0 Å². The predicted octanol–water partition coefficient (Wildman–Crippen LogP) is 0.471. The highest BCUT2D eigenvalue weighted by Gasteiger charge is 2.35. The molecule has 1 aliphatic rings. The van der Waals surface area contributed by atoms with Gasteiger partial charge in [0.2, 0.25) is 5.91 Å². The van der Waals surface area contributed by atoms with Crippen LogP contribution in [-0.4, -0.2) is 68.5 Å². The van der Waals surface area contributed by atoms with Crippen molar-refractivity contribution in [1.82, 2.24) is 20.4 Å². The molecule has 1 aromatic heterocycles. The van der Waals surface area contributed by atoms with Crippen LogP contribution in [0.5, 0.6) is 0 Å². The number of rotatable bonds is 7. The summed E-state index contributed by atoms with van der Waals surface area (Å²) in [6.07, 6.45) is 1.47. The molecule has 9 nitrogen and oxygen atoms in total. The topological polar surface area (TPSA) is 104 Å². The standard InChI is InChI=1S/C17H24N4O5/c1-5-25-16(23)14-11(9-21(4)10-13(22)20(2)3)18-17(24)19-15(14)12-7-6-8-26-12/h6-8,15H,5,9-10H2,1-4H3,(H2,18,19,24)/t15-/m0/s1. The minimum Gasteiger partial charge on any atom is -0.467 e. The Labute approximate surface area is 151 Å². The number of ether oxygens (including phenoxy) is 1. The third kappa shape index (κ3) is 4.63. The Balaban J connectivity index is 2.34. The normalized spacial score (nSPS) is 17.0. The van der Waals surface area contributed by atoms with Gasteiger partial charge in [-0.15, -0.1) is 0 Å². The number of hydrogen-bond acceptors (Lipinski definition) is 6. The fourth-order valence-corrected chi connectivity index (χ4v) is 2.56. The number of carbonyl (C=O) groups is 3. The van der Waals surface area contributed by atoms with Crippen molar-refractivity contribution in [3.63, 3.8) is 0 Å². The smallest absolute Gasteiger partial charge is 0.338 e. The number of furan rings is 1. The van der Waals surface area contributed by atoms with Gasteiger partial charge in [-0.05, 0) is 26.1 Å². The van der Waals surface area contributed by atoms with Crippen LogP contribution in [0.25, 0.3) is 0 Å². The first kappa shape index (κ1) is 19.5. The lowest BCUT2D eigenvalue weighted by Gasteiger charge is -2.30. The molecule has 0 saturated carbocycles. The van der Waals surface area contributed by atoms with Gasteiger partial charge in [-0.2, -0.15) is 0 Å². The zero-order valence-corrected chi connectivity index (χ0v) is 15.4. The van der Waals surface area contributed by atoms with E-state index < -0.39 is 18.0 Å². The second kappa shape index (κ2) is 8.52. The summed E-state index contributed by atoms with van der Waals surface area (Å²) in [4.78, 5) is 39.7. The van der Waals surface area contributed by atoms with Crippen LogP contribution in [-0.2, 0) is 14.3 Å². The molecule has 0 unspecified atom stereocenters. The second-order valence-electron chi connectivity index (χ2n) is 6.12. The molecule has 0 bridgehead atoms. The molecule has 0 fully saturated rings. The van der Waals surface area contributed by atoms with Crippen molar-refractivity contribution in [1.29, 1.82) is 0 Å². The Morgan fingerprint density at radius 2 is 2.04 bits per heavy atom. The van der Waals surface area contributed by atoms with Crippen molar-refractivity contribution >= 4 is 17.9 Å². The van der Waals surface area contributed by atoms with Crippen LogP contribution < -0.4 is 10.6 Å². The first-order valence-corrected chi connectivity index (χ1v) is 8.23. The number of esters is 1. The van der Waals surface area contributed by atoms with E-state index >= 15 is 0 Å². The molecule has 1 aromatic rings. The maximum Gasteiger partial charge on any atom is 0.338 e. The van der Waals surface area contributed by atoms with Crippen molar-refractivity contribution in [3.05, 3.63) is 35.4 Å². The average molecular weight is 364 g/mol. The third-order valence-corrected chi connectivity index (χ3v) is 3.81. The van der Waals surface area contributed by atoms with Crippen LogP contribution in [0, 0.1) is 0 Å². The zero-order valence-electron chi connectivity index (χ0n) is 15.4. The fraction of sp³-hybridized carbons (Fsp3) is 0.471. The van der Waals surface area contributed by atoms with Crippen LogP contribution in [0.3, 0.4) is 0 Å². The highest BCUT2D eigenvalue weighted by atomic mass is 16.5. The average Bonchev–Trinajstić information content (AvgIpc) is 3.08. The van der Waals surface area contributed by atoms with Gasteiger partial charge in [0.25, 0.3) is 0 Å². The Kier molecular flexibility index (Phi) is 6.40. The monoisotopic (exact) mass is 364 g/mol. The van der Waals surface area contributed by atoms with Gasteiger partial charge in [0, 0.05) is 26.3 Å². The molecule has 1 atom stereocenters. The summed E-state index contributed by atoms with van der Waals surface area (Å²) in [5.74, 6) is -0.218. The van der Waals surface area contributed by atoms with Gasteiger partial charge < -0.3 is 24.7 Å². The molecule has 2 rings (SSSR count). The Morgan fingerprint density at radius 1 is 1.31 bits per heavy atom. The van der Waals surface area contributed by atoms with Crippen LogP contribution >= 0.6 is 0 Å². The third-order valence-electron chi connectivity index (χ3n) is 3.81. The first-order valence-electron chi connectivity index (χ1n) is 8.23. The summed E-state index contributed by atoms with van der Waals surface area (Å²) in [6, 6.07) is 2.13. The summed E-state index contributed by atoms with van der Waals surface area (Å²) in [5, 5.41) is 5.33. The molecule has 2 N–H and O–H groups in total. The number of hydrogen-bond donors (Lipinski definition) is 2. The highest BCUT2D eigenvalue weighted by Crippen LogP contribution is 2.28. The predicted molar refractivity (Wildman–Crippen MR) is 93.0 cm³/mol. The minimum atomic E-state index is -0.759. The van der Waals surface area contributed by atoms with Gasteiger partial charge in [0.1, 0.15) is 11.8 Å². The highest BCUT2D eigenvalue weighted by molar-refractivity contribution is 5.95. The molecule has 1 aliphatic heterocycles. The number of likely N-dealkylation sites (N-methyl/N-ethyl adjacent to an activating group) is 2. The SMILES string of the molecule is CCOC(=O)C1=C(CN(C)CC(=O)N(C)C)NC(=O)N[C@H]1c1ccco1. The minimum absolute atomic E-state index is 0.0892. The number of urea groups is 1. The lowest BCUT2D eigenvalue weighted by atomic mass is 10.00. The van der Waals surface area contributed by atoms with E-state index in [0.29, 0.717) is 11.5 Å². The van der Waals surface area contributed by atoms with Crippen molar-refractivity contribution < 1.29 is 23.5 Å². The van der Waals surface area contributed by atoms with Crippen LogP contribution in [0.2, 0.25) is 0 Å². The Morgan fingerprint density at radius 3 is 2.62 bits per heavy atom. The molecule has 0 saturated heterocycles. The second-order valence-corrected chi connectivity index (χ2v) is 6.12. The molecule has 3 amide bonds. The van der Waals surface area contributed by atoms with Crippen LogP contribution in [0.4, 0.5) is 4.79 Å². The van der Waals surface area contributed by atoms with E-state index in [0.717, 1.165) is 0 Å². The van der Waals surface area contributed by atoms with E-state index in [-0.39, 0.29) is 31.2 Å². The number of carbonyl (C=O) groups excluding carboxylic acids is 3. The summed E-state index contributed by atoms with van der Waals surface area (Å²) in [6.45, 7) is 2.24. The van der Waals surface area contributed by atoms with E-state index in [1.54, 1.807) is 45.1 Å². The largest absolute Gasteiger partial charge is 0.467 e. The lowest BCUT2D eigenvalue weighted by molar-refractivity contribution is -0.139. The molecular weight excluding hydrogens is 340 g/mol. The molecule has 0 radical (unpaired) electrons. The molecule has 2 heterocycles. The molecule has 26 heavy (non-hydrogen) atoms. The molecule has 9 heteroatoms. The summed E-state index contributed by atoms with van der Waals surface area (Å²) < 4.78 is 10.5. The van der Waals surface area contributed by atoms with Gasteiger partial charge in [0.15, 0.2) is 0 Å². The van der Waals surface area contributed by atoms with Gasteiger partial charge >= 0.3 is 12.0 Å². The molecule has 0 spiro atoms. The number of amides is 3. The van der Waals surface area contributed by atoms with E-state index in [9.17, 15) is 14.4 Å². The van der Waals surface area contributed by atoms with Gasteiger partial charge in [-0.1, -0.05) is 0 Å². The number of nitrogens with one attached hydrogen (secondary N) is 2. The summed E-state index contributed by atoms with van der Waals surface area (Å²) in [5.41, 5.74) is 0.633. The van der Waals surface area contributed by atoms with Crippen molar-refractivity contribution in [2.24, 2.45) is 0 Å². The van der Waals surface area contributed by atoms with Gasteiger partial charge in [0.05, 0.1) is 25.0 Å². The Bertz CT molecular complexity index is 696. The first-order chi connectivity index (χ1) is 12.3. The lowest BCUT2D eigenvalue weighted by Crippen LogP contribution is -2.48. The maximum absolute atomic E-state index is 12.5. The maximum atomic E-state index is 12.5. The molecule has 0 aromatic carbocycles. The fourth-order valence-electron chi connectivity index (χ4n) is 2.56. The quantitative estimate of drug-likeness (QED) is 0.682. The van der Waals surface area contributed by atoms with E-state index in [4.69, 9.17) is 9.15 Å².